The van der Waals surface area contributed by atoms with E-state index in [-0.39, 0.29) is 5.56 Å². The Hall–Kier alpha value is -1.12. The molecule has 0 unspecified atom stereocenters. The van der Waals surface area contributed by atoms with Crippen molar-refractivity contribution in [3.8, 4) is 0 Å². The fourth-order valence-electron chi connectivity index (χ4n) is 1.94. The van der Waals surface area contributed by atoms with Crippen LogP contribution in [-0.4, -0.2) is 9.97 Å². The van der Waals surface area contributed by atoms with Crippen LogP contribution in [0.3, 0.4) is 0 Å². The highest BCUT2D eigenvalue weighted by Gasteiger charge is 2.26. The van der Waals surface area contributed by atoms with Crippen molar-refractivity contribution in [2.45, 2.75) is 57.8 Å². The Labute approximate surface area is 96.3 Å². The smallest absolute Gasteiger partial charge is 0.251 e. The van der Waals surface area contributed by atoms with Crippen molar-refractivity contribution in [2.75, 3.05) is 0 Å². The summed E-state index contributed by atoms with van der Waals surface area (Å²) in [4.78, 5) is 18.8. The van der Waals surface area contributed by atoms with Crippen molar-refractivity contribution in [3.05, 3.63) is 27.9 Å². The van der Waals surface area contributed by atoms with Gasteiger partial charge in [-0.15, -0.1) is 0 Å². The lowest BCUT2D eigenvalue weighted by molar-refractivity contribution is 0.656. The molecule has 0 saturated heterocycles. The molecular formula is C13H20N2O. The van der Waals surface area contributed by atoms with Gasteiger partial charge in [0.05, 0.1) is 0 Å². The second kappa shape index (κ2) is 5.28. The Morgan fingerprint density at radius 2 is 2.19 bits per heavy atom. The summed E-state index contributed by atoms with van der Waals surface area (Å²) in [6.45, 7) is 2.21. The van der Waals surface area contributed by atoms with Gasteiger partial charge in [0.15, 0.2) is 0 Å². The van der Waals surface area contributed by atoms with E-state index in [4.69, 9.17) is 0 Å². The summed E-state index contributed by atoms with van der Waals surface area (Å²) in [6.07, 6.45) is 8.22. The minimum Gasteiger partial charge on any atom is -0.310 e. The second-order valence-electron chi connectivity index (χ2n) is 4.71. The number of aryl methyl sites for hydroxylation is 1. The van der Waals surface area contributed by atoms with E-state index in [2.05, 4.69) is 16.9 Å². The predicted octanol–water partition coefficient (Wildman–Crippen LogP) is 2.77. The van der Waals surface area contributed by atoms with E-state index in [0.717, 1.165) is 24.4 Å². The molecule has 1 N–H and O–H groups in total. The van der Waals surface area contributed by atoms with Gasteiger partial charge in [0.1, 0.15) is 5.82 Å². The van der Waals surface area contributed by atoms with Crippen LogP contribution in [0.2, 0.25) is 0 Å². The standard InChI is InChI=1S/C13H20N2O/c1-2-3-4-5-6-11-9-12(16)15-13(14-11)10-7-8-10/h9-10H,2-8H2,1H3,(H,14,15,16). The third-order valence-electron chi connectivity index (χ3n) is 3.06. The maximum Gasteiger partial charge on any atom is 0.251 e. The molecule has 1 aromatic rings. The minimum atomic E-state index is 0.0161. The number of rotatable bonds is 6. The van der Waals surface area contributed by atoms with Gasteiger partial charge >= 0.3 is 0 Å². The van der Waals surface area contributed by atoms with Crippen molar-refractivity contribution in [2.24, 2.45) is 0 Å². The van der Waals surface area contributed by atoms with Gasteiger partial charge in [0, 0.05) is 17.7 Å². The van der Waals surface area contributed by atoms with E-state index >= 15 is 0 Å². The average Bonchev–Trinajstić information content (AvgIpc) is 3.07. The Balaban J connectivity index is 1.94. The van der Waals surface area contributed by atoms with Crippen LogP contribution >= 0.6 is 0 Å². The normalized spacial score (nSPS) is 15.3. The average molecular weight is 220 g/mol. The molecular weight excluding hydrogens is 200 g/mol. The molecule has 0 aliphatic heterocycles. The quantitative estimate of drug-likeness (QED) is 0.749. The number of H-pyrrole nitrogens is 1. The maximum absolute atomic E-state index is 11.4. The zero-order valence-electron chi connectivity index (χ0n) is 9.96. The molecule has 1 heterocycles. The van der Waals surface area contributed by atoms with E-state index in [9.17, 15) is 4.79 Å². The molecule has 0 radical (unpaired) electrons. The minimum absolute atomic E-state index is 0.0161. The molecule has 1 aliphatic rings. The number of aromatic amines is 1. The molecule has 3 nitrogen and oxygen atoms in total. The van der Waals surface area contributed by atoms with Crippen molar-refractivity contribution in [1.29, 1.82) is 0 Å². The molecule has 0 amide bonds. The van der Waals surface area contributed by atoms with Crippen LogP contribution in [0, 0.1) is 0 Å². The summed E-state index contributed by atoms with van der Waals surface area (Å²) in [6, 6.07) is 1.65. The van der Waals surface area contributed by atoms with Crippen molar-refractivity contribution < 1.29 is 0 Å². The van der Waals surface area contributed by atoms with E-state index in [1.54, 1.807) is 6.07 Å². The van der Waals surface area contributed by atoms with Crippen molar-refractivity contribution in [1.82, 2.24) is 9.97 Å². The van der Waals surface area contributed by atoms with Crippen LogP contribution in [0.1, 0.15) is 62.9 Å². The Kier molecular flexibility index (Phi) is 3.75. The molecule has 2 rings (SSSR count). The molecule has 0 bridgehead atoms. The zero-order valence-corrected chi connectivity index (χ0v) is 9.96. The highest BCUT2D eigenvalue weighted by Crippen LogP contribution is 2.37. The van der Waals surface area contributed by atoms with E-state index in [1.807, 2.05) is 0 Å². The van der Waals surface area contributed by atoms with Gasteiger partial charge in [0.25, 0.3) is 5.56 Å². The highest BCUT2D eigenvalue weighted by molar-refractivity contribution is 5.10. The lowest BCUT2D eigenvalue weighted by atomic mass is 10.1. The Morgan fingerprint density at radius 1 is 1.38 bits per heavy atom. The van der Waals surface area contributed by atoms with E-state index < -0.39 is 0 Å². The largest absolute Gasteiger partial charge is 0.310 e. The summed E-state index contributed by atoms with van der Waals surface area (Å²) in [5.74, 6) is 1.45. The van der Waals surface area contributed by atoms with Crippen LogP contribution in [0.15, 0.2) is 10.9 Å². The molecule has 0 spiro atoms. The fraction of sp³-hybridized carbons (Fsp3) is 0.692. The van der Waals surface area contributed by atoms with Crippen LogP contribution in [0.4, 0.5) is 0 Å². The number of nitrogens with one attached hydrogen (secondary N) is 1. The zero-order chi connectivity index (χ0) is 11.4. The fourth-order valence-corrected chi connectivity index (χ4v) is 1.94. The van der Waals surface area contributed by atoms with Gasteiger partial charge in [0.2, 0.25) is 0 Å². The summed E-state index contributed by atoms with van der Waals surface area (Å²) >= 11 is 0. The van der Waals surface area contributed by atoms with Crippen LogP contribution in [0.5, 0.6) is 0 Å². The first-order valence-electron chi connectivity index (χ1n) is 6.39. The number of hydrogen-bond donors (Lipinski definition) is 1. The predicted molar refractivity (Wildman–Crippen MR) is 64.7 cm³/mol. The molecule has 3 heteroatoms. The molecule has 1 aromatic heterocycles. The number of aromatic nitrogens is 2. The van der Waals surface area contributed by atoms with Crippen LogP contribution in [0.25, 0.3) is 0 Å². The van der Waals surface area contributed by atoms with E-state index in [0.29, 0.717) is 5.92 Å². The monoisotopic (exact) mass is 220 g/mol. The molecule has 1 fully saturated rings. The Bertz CT molecular complexity index is 393. The van der Waals surface area contributed by atoms with Gasteiger partial charge in [-0.3, -0.25) is 4.79 Å². The van der Waals surface area contributed by atoms with Gasteiger partial charge in [-0.25, -0.2) is 4.98 Å². The summed E-state index contributed by atoms with van der Waals surface area (Å²) < 4.78 is 0. The Morgan fingerprint density at radius 3 is 2.88 bits per heavy atom. The lowest BCUT2D eigenvalue weighted by Crippen LogP contribution is -2.12. The van der Waals surface area contributed by atoms with Gasteiger partial charge < -0.3 is 4.98 Å². The molecule has 0 aromatic carbocycles. The maximum atomic E-state index is 11.4. The second-order valence-corrected chi connectivity index (χ2v) is 4.71. The van der Waals surface area contributed by atoms with Crippen molar-refractivity contribution in [3.63, 3.8) is 0 Å². The summed E-state index contributed by atoms with van der Waals surface area (Å²) in [7, 11) is 0. The molecule has 1 aliphatic carbocycles. The molecule has 88 valence electrons. The van der Waals surface area contributed by atoms with Crippen molar-refractivity contribution >= 4 is 0 Å². The first kappa shape index (κ1) is 11.4. The first-order chi connectivity index (χ1) is 7.79. The van der Waals surface area contributed by atoms with Crippen LogP contribution < -0.4 is 5.56 Å². The van der Waals surface area contributed by atoms with Gasteiger partial charge in [-0.05, 0) is 25.7 Å². The lowest BCUT2D eigenvalue weighted by Gasteiger charge is -2.03. The van der Waals surface area contributed by atoms with Gasteiger partial charge in [-0.2, -0.15) is 0 Å². The molecule has 1 saturated carbocycles. The summed E-state index contributed by atoms with van der Waals surface area (Å²) in [5.41, 5.74) is 0.990. The summed E-state index contributed by atoms with van der Waals surface area (Å²) in [5, 5.41) is 0. The van der Waals surface area contributed by atoms with Crippen LogP contribution in [-0.2, 0) is 6.42 Å². The SMILES string of the molecule is CCCCCCc1cc(=O)[nH]c(C2CC2)n1. The van der Waals surface area contributed by atoms with Gasteiger partial charge in [-0.1, -0.05) is 26.2 Å². The van der Waals surface area contributed by atoms with E-state index in [1.165, 1.54) is 32.1 Å². The number of unbranched alkanes of at least 4 members (excludes halogenated alkanes) is 3. The third kappa shape index (κ3) is 3.19. The molecule has 0 atom stereocenters. The first-order valence-corrected chi connectivity index (χ1v) is 6.39. The number of hydrogen-bond acceptors (Lipinski definition) is 2. The highest BCUT2D eigenvalue weighted by atomic mass is 16.1. The number of nitrogens with zero attached hydrogens (tertiary/aromatic N) is 1. The topological polar surface area (TPSA) is 45.8 Å². The molecule has 16 heavy (non-hydrogen) atoms. The third-order valence-corrected chi connectivity index (χ3v) is 3.06.